The molecule has 2 N–H and O–H groups in total. The maximum absolute atomic E-state index is 14.4. The van der Waals surface area contributed by atoms with Crippen LogP contribution in [0.4, 0.5) is 4.39 Å². The number of carbonyl (C=O) groups excluding carboxylic acids is 1. The highest BCUT2D eigenvalue weighted by atomic mass is 19.1. The minimum atomic E-state index is -1.45. The summed E-state index contributed by atoms with van der Waals surface area (Å²) in [6, 6.07) is 13.9. The summed E-state index contributed by atoms with van der Waals surface area (Å²) in [5, 5.41) is 0. The lowest BCUT2D eigenvalue weighted by molar-refractivity contribution is -0.129. The molecule has 1 fully saturated rings. The summed E-state index contributed by atoms with van der Waals surface area (Å²) in [4.78, 5) is 23.4. The number of nitrogens with zero attached hydrogens (tertiary/aromatic N) is 3. The Bertz CT molecular complexity index is 1340. The van der Waals surface area contributed by atoms with Crippen LogP contribution in [0.1, 0.15) is 24.0 Å². The van der Waals surface area contributed by atoms with E-state index in [1.807, 2.05) is 6.07 Å². The fraction of sp³-hybridized carbons (Fsp3) is 0.240. The third kappa shape index (κ3) is 2.97. The largest absolute Gasteiger partial charge is 0.493 e. The smallest absolute Gasteiger partial charge is 0.266 e. The van der Waals surface area contributed by atoms with Gasteiger partial charge in [-0.05, 0) is 66.8 Å². The van der Waals surface area contributed by atoms with E-state index in [1.165, 1.54) is 23.9 Å². The van der Waals surface area contributed by atoms with Crippen molar-refractivity contribution >= 4 is 11.9 Å². The Morgan fingerprint density at radius 2 is 1.94 bits per heavy atom. The van der Waals surface area contributed by atoms with Crippen molar-refractivity contribution in [3.63, 3.8) is 0 Å². The SMILES string of the molecule is CN1C(=O)C2(N=C1N)c1cc(OCC3CC3)ccc1Oc1ccc(-c3cccnc3F)cc12. The first-order valence-corrected chi connectivity index (χ1v) is 10.8. The minimum absolute atomic E-state index is 0.0982. The van der Waals surface area contributed by atoms with Gasteiger partial charge >= 0.3 is 0 Å². The van der Waals surface area contributed by atoms with Crippen LogP contribution in [-0.2, 0) is 10.3 Å². The fourth-order valence-electron chi connectivity index (χ4n) is 4.40. The van der Waals surface area contributed by atoms with Gasteiger partial charge in [0.1, 0.15) is 17.2 Å². The van der Waals surface area contributed by atoms with Crippen LogP contribution in [0.5, 0.6) is 17.2 Å². The zero-order valence-electron chi connectivity index (χ0n) is 17.9. The van der Waals surface area contributed by atoms with E-state index >= 15 is 0 Å². The lowest BCUT2D eigenvalue weighted by Gasteiger charge is -2.34. The molecule has 0 saturated heterocycles. The summed E-state index contributed by atoms with van der Waals surface area (Å²) in [7, 11) is 1.59. The van der Waals surface area contributed by atoms with E-state index in [0.717, 1.165) is 0 Å². The number of aliphatic imine (C=N–C) groups is 1. The van der Waals surface area contributed by atoms with Crippen molar-refractivity contribution in [2.45, 2.75) is 18.4 Å². The van der Waals surface area contributed by atoms with Gasteiger partial charge in [0.15, 0.2) is 5.96 Å². The Morgan fingerprint density at radius 1 is 1.18 bits per heavy atom. The molecule has 2 aromatic carbocycles. The van der Waals surface area contributed by atoms with Crippen molar-refractivity contribution in [1.82, 2.24) is 9.88 Å². The number of fused-ring (bicyclic) bond motifs is 4. The maximum atomic E-state index is 14.4. The number of halogens is 1. The lowest BCUT2D eigenvalue weighted by atomic mass is 9.79. The molecule has 1 unspecified atom stereocenters. The molecule has 6 rings (SSSR count). The highest BCUT2D eigenvalue weighted by molar-refractivity contribution is 6.10. The Morgan fingerprint density at radius 3 is 2.64 bits per heavy atom. The topological polar surface area (TPSA) is 90.0 Å². The number of amides is 1. The molecule has 1 atom stereocenters. The Kier molecular flexibility index (Phi) is 4.20. The Hall–Kier alpha value is -3.94. The number of aromatic nitrogens is 1. The van der Waals surface area contributed by atoms with Gasteiger partial charge in [-0.2, -0.15) is 4.39 Å². The highest BCUT2D eigenvalue weighted by Gasteiger charge is 2.54. The molecule has 7 nitrogen and oxygen atoms in total. The van der Waals surface area contributed by atoms with Gasteiger partial charge in [0.25, 0.3) is 5.91 Å². The molecule has 0 radical (unpaired) electrons. The maximum Gasteiger partial charge on any atom is 0.266 e. The van der Waals surface area contributed by atoms with Gasteiger partial charge in [0.05, 0.1) is 6.61 Å². The standard InChI is InChI=1S/C25H21FN4O3/c1-30-23(31)25(29-24(30)27)18-11-15(17-3-2-10-28-22(17)26)6-8-20(18)33-21-9-7-16(12-19(21)25)32-13-14-4-5-14/h2-3,6-12,14H,4-5,13H2,1H3,(H2,27,29). The summed E-state index contributed by atoms with van der Waals surface area (Å²) in [5.41, 5.74) is 6.59. The number of nitrogens with two attached hydrogens (primary N) is 1. The molecule has 166 valence electrons. The Labute approximate surface area is 189 Å². The van der Waals surface area contributed by atoms with Gasteiger partial charge in [0, 0.05) is 29.9 Å². The van der Waals surface area contributed by atoms with Crippen molar-refractivity contribution < 1.29 is 18.7 Å². The first-order valence-electron chi connectivity index (χ1n) is 10.8. The van der Waals surface area contributed by atoms with Crippen molar-refractivity contribution in [3.05, 3.63) is 71.8 Å². The van der Waals surface area contributed by atoms with Gasteiger partial charge in [-0.3, -0.25) is 9.69 Å². The number of ether oxygens (including phenoxy) is 2. The number of rotatable bonds is 4. The number of hydrogen-bond donors (Lipinski definition) is 1. The van der Waals surface area contributed by atoms with Crippen LogP contribution < -0.4 is 15.2 Å². The summed E-state index contributed by atoms with van der Waals surface area (Å²) >= 11 is 0. The molecule has 1 aliphatic carbocycles. The van der Waals surface area contributed by atoms with E-state index < -0.39 is 11.5 Å². The third-order valence-corrected chi connectivity index (χ3v) is 6.42. The van der Waals surface area contributed by atoms with Gasteiger partial charge in [-0.15, -0.1) is 0 Å². The van der Waals surface area contributed by atoms with Crippen molar-refractivity contribution in [2.75, 3.05) is 13.7 Å². The van der Waals surface area contributed by atoms with E-state index in [0.29, 0.717) is 52.0 Å². The zero-order chi connectivity index (χ0) is 22.7. The highest BCUT2D eigenvalue weighted by Crippen LogP contribution is 2.53. The van der Waals surface area contributed by atoms with Crippen LogP contribution in [-0.4, -0.2) is 35.4 Å². The van der Waals surface area contributed by atoms with Gasteiger partial charge in [-0.25, -0.2) is 9.98 Å². The minimum Gasteiger partial charge on any atom is -0.493 e. The van der Waals surface area contributed by atoms with Crippen LogP contribution in [0.25, 0.3) is 11.1 Å². The molecule has 33 heavy (non-hydrogen) atoms. The Balaban J connectivity index is 1.54. The van der Waals surface area contributed by atoms with E-state index in [1.54, 1.807) is 49.5 Å². The first kappa shape index (κ1) is 19.7. The monoisotopic (exact) mass is 444 g/mol. The number of likely N-dealkylation sites (N-methyl/N-ethyl adjacent to an activating group) is 1. The van der Waals surface area contributed by atoms with Crippen LogP contribution in [0.15, 0.2) is 59.7 Å². The molecule has 3 heterocycles. The summed E-state index contributed by atoms with van der Waals surface area (Å²) in [6.07, 6.45) is 3.73. The van der Waals surface area contributed by atoms with Crippen molar-refractivity contribution in [3.8, 4) is 28.4 Å². The fourth-order valence-corrected chi connectivity index (χ4v) is 4.40. The summed E-state index contributed by atoms with van der Waals surface area (Å²) < 4.78 is 26.6. The second-order valence-corrected chi connectivity index (χ2v) is 8.61. The molecule has 1 saturated carbocycles. The molecule has 1 spiro atoms. The number of carbonyl (C=O) groups is 1. The predicted molar refractivity (Wildman–Crippen MR) is 120 cm³/mol. The second-order valence-electron chi connectivity index (χ2n) is 8.61. The molecule has 0 bridgehead atoms. The molecule has 1 aromatic heterocycles. The average Bonchev–Trinajstić information content (AvgIpc) is 3.63. The number of benzene rings is 2. The lowest BCUT2D eigenvalue weighted by Crippen LogP contribution is -2.42. The zero-order valence-corrected chi connectivity index (χ0v) is 17.9. The molecule has 3 aromatic rings. The molecular weight excluding hydrogens is 423 g/mol. The predicted octanol–water partition coefficient (Wildman–Crippen LogP) is 3.81. The van der Waals surface area contributed by atoms with Crippen LogP contribution in [0.3, 0.4) is 0 Å². The van der Waals surface area contributed by atoms with Crippen molar-refractivity contribution in [1.29, 1.82) is 0 Å². The molecule has 3 aliphatic rings. The average molecular weight is 444 g/mol. The first-order chi connectivity index (χ1) is 16.0. The van der Waals surface area contributed by atoms with Crippen LogP contribution in [0.2, 0.25) is 0 Å². The van der Waals surface area contributed by atoms with E-state index in [2.05, 4.69) is 9.98 Å². The van der Waals surface area contributed by atoms with Crippen LogP contribution >= 0.6 is 0 Å². The molecule has 8 heteroatoms. The van der Waals surface area contributed by atoms with E-state index in [-0.39, 0.29) is 11.9 Å². The normalized spacial score (nSPS) is 20.8. The van der Waals surface area contributed by atoms with Crippen molar-refractivity contribution in [2.24, 2.45) is 16.6 Å². The number of pyridine rings is 1. The number of guanidine groups is 1. The van der Waals surface area contributed by atoms with Crippen LogP contribution in [0, 0.1) is 11.9 Å². The van der Waals surface area contributed by atoms with E-state index in [9.17, 15) is 9.18 Å². The van der Waals surface area contributed by atoms with Gasteiger partial charge in [-0.1, -0.05) is 6.07 Å². The van der Waals surface area contributed by atoms with Gasteiger partial charge in [0.2, 0.25) is 11.5 Å². The molecule has 1 amide bonds. The summed E-state index contributed by atoms with van der Waals surface area (Å²) in [5.74, 6) is 1.37. The number of hydrogen-bond acceptors (Lipinski definition) is 6. The van der Waals surface area contributed by atoms with E-state index in [4.69, 9.17) is 15.2 Å². The summed E-state index contributed by atoms with van der Waals surface area (Å²) in [6.45, 7) is 0.632. The second kappa shape index (κ2) is 7.03. The van der Waals surface area contributed by atoms with Gasteiger partial charge < -0.3 is 15.2 Å². The quantitative estimate of drug-likeness (QED) is 0.618. The third-order valence-electron chi connectivity index (χ3n) is 6.42. The molecule has 2 aliphatic heterocycles. The molecular formula is C25H21FN4O3.